The molecule has 1 saturated heterocycles. The van der Waals surface area contributed by atoms with Gasteiger partial charge >= 0.3 is 0 Å². The van der Waals surface area contributed by atoms with Crippen molar-refractivity contribution in [2.75, 3.05) is 0 Å². The average Bonchev–Trinajstić information content (AvgIpc) is 2.56. The van der Waals surface area contributed by atoms with Crippen molar-refractivity contribution in [3.8, 4) is 5.75 Å². The van der Waals surface area contributed by atoms with Crippen LogP contribution in [0.1, 0.15) is 30.0 Å². The molecule has 0 spiro atoms. The Morgan fingerprint density at radius 1 is 1.17 bits per heavy atom. The van der Waals surface area contributed by atoms with Crippen LogP contribution < -0.4 is 10.6 Å². The van der Waals surface area contributed by atoms with Crippen molar-refractivity contribution in [3.63, 3.8) is 0 Å². The molecule has 0 aromatic heterocycles. The maximum absolute atomic E-state index is 14.1. The monoisotopic (exact) mass is 314 g/mol. The predicted octanol–water partition coefficient (Wildman–Crippen LogP) is 2.64. The number of rotatable bonds is 4. The van der Waals surface area contributed by atoms with Gasteiger partial charge < -0.3 is 15.7 Å². The van der Waals surface area contributed by atoms with E-state index >= 15 is 0 Å². The van der Waals surface area contributed by atoms with Crippen LogP contribution in [-0.2, 0) is 11.3 Å². The Morgan fingerprint density at radius 2 is 1.91 bits per heavy atom. The zero-order valence-corrected chi connectivity index (χ0v) is 12.6. The van der Waals surface area contributed by atoms with Crippen LogP contribution in [-0.4, -0.2) is 17.1 Å². The molecular formula is C18H19FN2O2. The van der Waals surface area contributed by atoms with E-state index in [9.17, 15) is 14.3 Å². The molecule has 0 radical (unpaired) electrons. The van der Waals surface area contributed by atoms with Crippen molar-refractivity contribution in [2.24, 2.45) is 0 Å². The zero-order chi connectivity index (χ0) is 16.2. The van der Waals surface area contributed by atoms with Crippen LogP contribution in [0.4, 0.5) is 4.39 Å². The van der Waals surface area contributed by atoms with Crippen molar-refractivity contribution in [3.05, 3.63) is 65.5 Å². The molecule has 3 rings (SSSR count). The summed E-state index contributed by atoms with van der Waals surface area (Å²) in [6.07, 6.45) is 1.08. The highest BCUT2D eigenvalue weighted by Crippen LogP contribution is 2.26. The summed E-state index contributed by atoms with van der Waals surface area (Å²) < 4.78 is 14.1. The highest BCUT2D eigenvalue weighted by atomic mass is 19.1. The lowest BCUT2D eigenvalue weighted by Crippen LogP contribution is -2.48. The predicted molar refractivity (Wildman–Crippen MR) is 85.3 cm³/mol. The number of halogens is 1. The molecule has 1 amide bonds. The molecule has 1 fully saturated rings. The Balaban J connectivity index is 1.74. The number of phenolic OH excluding ortho intramolecular Hbond substituents is 1. The number of amides is 1. The van der Waals surface area contributed by atoms with E-state index in [1.807, 2.05) is 12.1 Å². The number of carbonyl (C=O) groups excluding carboxylic acids is 1. The first-order valence-electron chi connectivity index (χ1n) is 7.68. The molecule has 2 aromatic carbocycles. The van der Waals surface area contributed by atoms with Gasteiger partial charge in [-0.15, -0.1) is 0 Å². The largest absolute Gasteiger partial charge is 0.508 e. The first-order chi connectivity index (χ1) is 11.1. The molecule has 3 N–H and O–H groups in total. The summed E-state index contributed by atoms with van der Waals surface area (Å²) in [6, 6.07) is 13.0. The van der Waals surface area contributed by atoms with Gasteiger partial charge in [-0.05, 0) is 30.2 Å². The van der Waals surface area contributed by atoms with E-state index in [1.165, 1.54) is 6.07 Å². The summed E-state index contributed by atoms with van der Waals surface area (Å²) in [5.74, 6) is -0.139. The number of carbonyl (C=O) groups is 1. The van der Waals surface area contributed by atoms with Crippen LogP contribution in [0.15, 0.2) is 48.5 Å². The summed E-state index contributed by atoms with van der Waals surface area (Å²) in [5.41, 5.74) is 1.52. The molecule has 1 aliphatic rings. The van der Waals surface area contributed by atoms with Crippen LogP contribution in [0.2, 0.25) is 0 Å². The molecule has 1 aliphatic heterocycles. The fraction of sp³-hybridized carbons (Fsp3) is 0.278. The minimum atomic E-state index is -0.380. The summed E-state index contributed by atoms with van der Waals surface area (Å²) in [7, 11) is 0. The molecule has 0 unspecified atom stereocenters. The molecule has 2 aromatic rings. The Bertz CT molecular complexity index is 688. The van der Waals surface area contributed by atoms with Gasteiger partial charge in [0.2, 0.25) is 5.91 Å². The van der Waals surface area contributed by atoms with Crippen LogP contribution in [0, 0.1) is 5.82 Å². The third-order valence-corrected chi connectivity index (χ3v) is 4.15. The molecule has 1 heterocycles. The van der Waals surface area contributed by atoms with Crippen molar-refractivity contribution in [1.82, 2.24) is 10.6 Å². The third kappa shape index (κ3) is 3.68. The second-order valence-electron chi connectivity index (χ2n) is 5.76. The molecular weight excluding hydrogens is 295 g/mol. The van der Waals surface area contributed by atoms with E-state index in [0.717, 1.165) is 5.56 Å². The van der Waals surface area contributed by atoms with Crippen LogP contribution in [0.25, 0.3) is 0 Å². The minimum Gasteiger partial charge on any atom is -0.508 e. The number of hydrogen-bond donors (Lipinski definition) is 3. The summed E-state index contributed by atoms with van der Waals surface area (Å²) in [4.78, 5) is 11.7. The lowest BCUT2D eigenvalue weighted by molar-refractivity contribution is -0.123. The molecule has 0 bridgehead atoms. The maximum atomic E-state index is 14.1. The second-order valence-corrected chi connectivity index (χ2v) is 5.76. The van der Waals surface area contributed by atoms with E-state index in [-0.39, 0.29) is 29.6 Å². The SMILES string of the molecule is O=C1CC[C@@H](NCc2ccc(O)cc2)[C@H](c2ccccc2F)N1. The normalized spacial score (nSPS) is 21.0. The molecule has 5 heteroatoms. The van der Waals surface area contributed by atoms with Crippen molar-refractivity contribution >= 4 is 5.91 Å². The number of benzene rings is 2. The lowest BCUT2D eigenvalue weighted by atomic mass is 9.91. The topological polar surface area (TPSA) is 61.4 Å². The van der Waals surface area contributed by atoms with E-state index < -0.39 is 0 Å². The van der Waals surface area contributed by atoms with Crippen molar-refractivity contribution in [1.29, 1.82) is 0 Å². The summed E-state index contributed by atoms with van der Waals surface area (Å²) >= 11 is 0. The van der Waals surface area contributed by atoms with E-state index in [0.29, 0.717) is 24.9 Å². The van der Waals surface area contributed by atoms with E-state index in [4.69, 9.17) is 0 Å². The van der Waals surface area contributed by atoms with E-state index in [1.54, 1.807) is 30.3 Å². The van der Waals surface area contributed by atoms with Crippen LogP contribution in [0.5, 0.6) is 5.75 Å². The molecule has 4 nitrogen and oxygen atoms in total. The summed E-state index contributed by atoms with van der Waals surface area (Å²) in [6.45, 7) is 0.589. The minimum absolute atomic E-state index is 0.0431. The van der Waals surface area contributed by atoms with Crippen LogP contribution in [0.3, 0.4) is 0 Å². The Morgan fingerprint density at radius 3 is 2.65 bits per heavy atom. The number of aromatic hydroxyl groups is 1. The van der Waals surface area contributed by atoms with Crippen molar-refractivity contribution in [2.45, 2.75) is 31.5 Å². The molecule has 2 atom stereocenters. The van der Waals surface area contributed by atoms with Crippen LogP contribution >= 0.6 is 0 Å². The van der Waals surface area contributed by atoms with Gasteiger partial charge in [0.25, 0.3) is 0 Å². The maximum Gasteiger partial charge on any atom is 0.220 e. The standard InChI is InChI=1S/C18H19FN2O2/c19-15-4-2-1-3-14(15)18-16(9-10-17(23)21-18)20-11-12-5-7-13(22)8-6-12/h1-8,16,18,20,22H,9-11H2,(H,21,23)/t16-,18+/m1/s1. The number of phenols is 1. The Hall–Kier alpha value is -2.40. The third-order valence-electron chi connectivity index (χ3n) is 4.15. The number of piperidine rings is 1. The van der Waals surface area contributed by atoms with Gasteiger partial charge in [0.1, 0.15) is 11.6 Å². The van der Waals surface area contributed by atoms with Gasteiger partial charge in [0, 0.05) is 24.6 Å². The first-order valence-corrected chi connectivity index (χ1v) is 7.68. The summed E-state index contributed by atoms with van der Waals surface area (Å²) in [5, 5.41) is 15.6. The van der Waals surface area contributed by atoms with Gasteiger partial charge in [-0.2, -0.15) is 0 Å². The van der Waals surface area contributed by atoms with Gasteiger partial charge in [0.05, 0.1) is 6.04 Å². The second kappa shape index (κ2) is 6.79. The van der Waals surface area contributed by atoms with Gasteiger partial charge in [-0.1, -0.05) is 30.3 Å². The molecule has 23 heavy (non-hydrogen) atoms. The van der Waals surface area contributed by atoms with Gasteiger partial charge in [0.15, 0.2) is 0 Å². The average molecular weight is 314 g/mol. The fourth-order valence-corrected chi connectivity index (χ4v) is 2.90. The highest BCUT2D eigenvalue weighted by molar-refractivity contribution is 5.77. The first kappa shape index (κ1) is 15.5. The van der Waals surface area contributed by atoms with Gasteiger partial charge in [-0.25, -0.2) is 4.39 Å². The quantitative estimate of drug-likeness (QED) is 0.813. The molecule has 0 saturated carbocycles. The van der Waals surface area contributed by atoms with E-state index in [2.05, 4.69) is 10.6 Å². The lowest BCUT2D eigenvalue weighted by Gasteiger charge is -2.33. The molecule has 0 aliphatic carbocycles. The zero-order valence-electron chi connectivity index (χ0n) is 12.6. The fourth-order valence-electron chi connectivity index (χ4n) is 2.90. The number of hydrogen-bond acceptors (Lipinski definition) is 3. The highest BCUT2D eigenvalue weighted by Gasteiger charge is 2.31. The Labute approximate surface area is 134 Å². The Kier molecular flexibility index (Phi) is 4.57. The molecule has 120 valence electrons. The van der Waals surface area contributed by atoms with Crippen molar-refractivity contribution < 1.29 is 14.3 Å². The smallest absolute Gasteiger partial charge is 0.220 e. The van der Waals surface area contributed by atoms with Gasteiger partial charge in [-0.3, -0.25) is 4.79 Å². The number of nitrogens with one attached hydrogen (secondary N) is 2.